The van der Waals surface area contributed by atoms with Crippen molar-refractivity contribution in [2.24, 2.45) is 0 Å². The molecule has 0 bridgehead atoms. The van der Waals surface area contributed by atoms with E-state index in [4.69, 9.17) is 0 Å². The molecule has 0 radical (unpaired) electrons. The summed E-state index contributed by atoms with van der Waals surface area (Å²) >= 11 is 0. The second kappa shape index (κ2) is 7.70. The van der Waals surface area contributed by atoms with Crippen LogP contribution >= 0.6 is 0 Å². The molecule has 3 aromatic carbocycles. The predicted octanol–water partition coefficient (Wildman–Crippen LogP) is 6.14. The molecular weight excluding hydrogens is 328 g/mol. The molecule has 1 aliphatic rings. The monoisotopic (exact) mass is 356 g/mol. The molecule has 0 spiro atoms. The summed E-state index contributed by atoms with van der Waals surface area (Å²) in [5, 5.41) is 11.4. The van der Waals surface area contributed by atoms with Gasteiger partial charge in [0.05, 0.1) is 6.10 Å². The zero-order valence-electron chi connectivity index (χ0n) is 16.1. The maximum Gasteiger partial charge on any atom is 0.0677 e. The summed E-state index contributed by atoms with van der Waals surface area (Å²) in [6.45, 7) is 2.16. The van der Waals surface area contributed by atoms with Crippen molar-refractivity contribution >= 4 is 0 Å². The molecule has 1 nitrogen and oxygen atoms in total. The van der Waals surface area contributed by atoms with Crippen LogP contribution in [0, 0.1) is 0 Å². The van der Waals surface area contributed by atoms with Gasteiger partial charge in [0.2, 0.25) is 0 Å². The molecule has 1 unspecified atom stereocenters. The lowest BCUT2D eigenvalue weighted by molar-refractivity contribution is 0.0881. The minimum atomic E-state index is -0.358. The average Bonchev–Trinajstić information content (AvgIpc) is 3.01. The third kappa shape index (κ3) is 3.11. The summed E-state index contributed by atoms with van der Waals surface area (Å²) in [5.74, 6) is 0. The lowest BCUT2D eigenvalue weighted by atomic mass is 9.69. The van der Waals surface area contributed by atoms with E-state index in [0.717, 1.165) is 32.1 Å². The molecule has 0 heterocycles. The van der Waals surface area contributed by atoms with Gasteiger partial charge in [0.15, 0.2) is 0 Å². The fourth-order valence-electron chi connectivity index (χ4n) is 4.89. The Hall–Kier alpha value is -2.38. The molecule has 0 amide bonds. The number of rotatable bonds is 7. The highest BCUT2D eigenvalue weighted by Gasteiger charge is 2.47. The molecule has 1 aliphatic carbocycles. The van der Waals surface area contributed by atoms with Crippen LogP contribution < -0.4 is 0 Å². The Labute approximate surface area is 162 Å². The number of benzene rings is 3. The van der Waals surface area contributed by atoms with E-state index in [2.05, 4.69) is 85.8 Å². The van der Waals surface area contributed by atoms with Crippen molar-refractivity contribution in [2.75, 3.05) is 0 Å². The van der Waals surface area contributed by atoms with Gasteiger partial charge in [0.1, 0.15) is 0 Å². The van der Waals surface area contributed by atoms with E-state index in [1.807, 2.05) is 0 Å². The number of hydrogen-bond donors (Lipinski definition) is 1. The fraction of sp³-hybridized carbons (Fsp3) is 0.308. The lowest BCUT2D eigenvalue weighted by Gasteiger charge is -2.37. The summed E-state index contributed by atoms with van der Waals surface area (Å²) in [5.41, 5.74) is 6.28. The molecular formula is C26H28O. The molecule has 138 valence electrons. The van der Waals surface area contributed by atoms with Crippen molar-refractivity contribution in [3.63, 3.8) is 0 Å². The first kappa shape index (κ1) is 18.0. The molecule has 1 atom stereocenters. The number of aryl methyl sites for hydroxylation is 1. The van der Waals surface area contributed by atoms with Gasteiger partial charge in [-0.05, 0) is 53.5 Å². The van der Waals surface area contributed by atoms with Gasteiger partial charge in [-0.15, -0.1) is 0 Å². The Morgan fingerprint density at radius 2 is 1.33 bits per heavy atom. The standard InChI is InChI=1S/C26H28O/c1-2-11-25(27)26(19-10-14-20-12-4-3-5-13-20)23-17-8-6-15-21(23)22-16-7-9-18-24(22)26/h3-9,12-13,15-18,25,27H,2,10-11,14,19H2,1H3. The number of aliphatic hydroxyl groups excluding tert-OH is 1. The minimum Gasteiger partial charge on any atom is -0.392 e. The molecule has 3 aromatic rings. The summed E-state index contributed by atoms with van der Waals surface area (Å²) < 4.78 is 0. The highest BCUT2D eigenvalue weighted by Crippen LogP contribution is 2.53. The zero-order chi connectivity index (χ0) is 18.7. The summed E-state index contributed by atoms with van der Waals surface area (Å²) in [7, 11) is 0. The molecule has 27 heavy (non-hydrogen) atoms. The van der Waals surface area contributed by atoms with Crippen molar-refractivity contribution < 1.29 is 5.11 Å². The van der Waals surface area contributed by atoms with Crippen LogP contribution in [0.4, 0.5) is 0 Å². The summed E-state index contributed by atoms with van der Waals surface area (Å²) in [6.07, 6.45) is 4.54. The van der Waals surface area contributed by atoms with E-state index in [9.17, 15) is 5.11 Å². The van der Waals surface area contributed by atoms with Crippen LogP contribution in [-0.2, 0) is 11.8 Å². The van der Waals surface area contributed by atoms with E-state index in [1.165, 1.54) is 27.8 Å². The van der Waals surface area contributed by atoms with Crippen LogP contribution in [0.15, 0.2) is 78.9 Å². The quantitative estimate of drug-likeness (QED) is 0.539. The zero-order valence-corrected chi connectivity index (χ0v) is 16.1. The van der Waals surface area contributed by atoms with Gasteiger partial charge in [0, 0.05) is 5.41 Å². The van der Waals surface area contributed by atoms with Crippen molar-refractivity contribution in [3.05, 3.63) is 95.6 Å². The fourth-order valence-corrected chi connectivity index (χ4v) is 4.89. The van der Waals surface area contributed by atoms with Gasteiger partial charge in [0.25, 0.3) is 0 Å². The van der Waals surface area contributed by atoms with E-state index >= 15 is 0 Å². The Balaban J connectivity index is 1.74. The van der Waals surface area contributed by atoms with Crippen molar-refractivity contribution in [1.82, 2.24) is 0 Å². The first-order valence-electron chi connectivity index (χ1n) is 10.2. The number of aliphatic hydroxyl groups is 1. The van der Waals surface area contributed by atoms with Crippen molar-refractivity contribution in [1.29, 1.82) is 0 Å². The van der Waals surface area contributed by atoms with Gasteiger partial charge >= 0.3 is 0 Å². The summed E-state index contributed by atoms with van der Waals surface area (Å²) in [6, 6.07) is 28.0. The van der Waals surface area contributed by atoms with Crippen molar-refractivity contribution in [2.45, 2.75) is 50.5 Å². The molecule has 0 aliphatic heterocycles. The SMILES string of the molecule is CCCC(O)C1(CCCc2ccccc2)c2ccccc2-c2ccccc21. The van der Waals surface area contributed by atoms with Crippen LogP contribution in [0.3, 0.4) is 0 Å². The van der Waals surface area contributed by atoms with E-state index < -0.39 is 0 Å². The largest absolute Gasteiger partial charge is 0.392 e. The third-order valence-corrected chi connectivity index (χ3v) is 6.12. The van der Waals surface area contributed by atoms with Gasteiger partial charge in [-0.25, -0.2) is 0 Å². The third-order valence-electron chi connectivity index (χ3n) is 6.12. The molecule has 0 aromatic heterocycles. The molecule has 1 N–H and O–H groups in total. The Kier molecular flexibility index (Phi) is 5.13. The van der Waals surface area contributed by atoms with Crippen LogP contribution in [0.2, 0.25) is 0 Å². The Morgan fingerprint density at radius 3 is 1.93 bits per heavy atom. The van der Waals surface area contributed by atoms with E-state index in [1.54, 1.807) is 0 Å². The van der Waals surface area contributed by atoms with Gasteiger partial charge < -0.3 is 5.11 Å². The highest BCUT2D eigenvalue weighted by atomic mass is 16.3. The topological polar surface area (TPSA) is 20.2 Å². The predicted molar refractivity (Wildman–Crippen MR) is 113 cm³/mol. The van der Waals surface area contributed by atoms with Crippen LogP contribution in [0.25, 0.3) is 11.1 Å². The highest BCUT2D eigenvalue weighted by molar-refractivity contribution is 5.81. The van der Waals surface area contributed by atoms with Crippen LogP contribution in [0.5, 0.6) is 0 Å². The maximum absolute atomic E-state index is 11.4. The molecule has 4 rings (SSSR count). The normalized spacial score (nSPS) is 15.2. The van der Waals surface area contributed by atoms with E-state index in [-0.39, 0.29) is 11.5 Å². The maximum atomic E-state index is 11.4. The van der Waals surface area contributed by atoms with Crippen LogP contribution in [0.1, 0.15) is 49.3 Å². The first-order chi connectivity index (χ1) is 13.3. The van der Waals surface area contributed by atoms with Crippen LogP contribution in [-0.4, -0.2) is 11.2 Å². The molecule has 1 heteroatoms. The van der Waals surface area contributed by atoms with Crippen molar-refractivity contribution in [3.8, 4) is 11.1 Å². The van der Waals surface area contributed by atoms with E-state index in [0.29, 0.717) is 0 Å². The van der Waals surface area contributed by atoms with Gasteiger partial charge in [-0.1, -0.05) is 92.2 Å². The Morgan fingerprint density at radius 1 is 0.778 bits per heavy atom. The smallest absolute Gasteiger partial charge is 0.0677 e. The second-order valence-electron chi connectivity index (χ2n) is 7.71. The first-order valence-corrected chi connectivity index (χ1v) is 10.2. The average molecular weight is 357 g/mol. The molecule has 0 saturated heterocycles. The number of hydrogen-bond acceptors (Lipinski definition) is 1. The van der Waals surface area contributed by atoms with Gasteiger partial charge in [-0.2, -0.15) is 0 Å². The summed E-state index contributed by atoms with van der Waals surface area (Å²) in [4.78, 5) is 0. The Bertz CT molecular complexity index is 851. The number of fused-ring (bicyclic) bond motifs is 3. The second-order valence-corrected chi connectivity index (χ2v) is 7.71. The molecule has 0 fully saturated rings. The minimum absolute atomic E-state index is 0.294. The lowest BCUT2D eigenvalue weighted by Crippen LogP contribution is -2.39. The van der Waals surface area contributed by atoms with Gasteiger partial charge in [-0.3, -0.25) is 0 Å². The molecule has 0 saturated carbocycles.